The molecule has 1 aromatic heterocycles. The molecule has 2 N–H and O–H groups in total. The molecule has 2 saturated heterocycles. The van der Waals surface area contributed by atoms with Crippen LogP contribution >= 0.6 is 0 Å². The molecule has 0 amide bonds. The Balaban J connectivity index is 1.51. The number of ether oxygens (including phenoxy) is 2. The van der Waals surface area contributed by atoms with Gasteiger partial charge >= 0.3 is 0 Å². The topological polar surface area (TPSA) is 68.5 Å². The quantitative estimate of drug-likeness (QED) is 0.846. The number of nitrogens with one attached hydrogen (secondary N) is 1. The van der Waals surface area contributed by atoms with Crippen LogP contribution in [0.5, 0.6) is 0 Å². The summed E-state index contributed by atoms with van der Waals surface area (Å²) in [5, 5.41) is 19.1. The van der Waals surface area contributed by atoms with Gasteiger partial charge in [0, 0.05) is 11.8 Å². The van der Waals surface area contributed by atoms with Gasteiger partial charge in [0.2, 0.25) is 0 Å². The van der Waals surface area contributed by atoms with Crippen molar-refractivity contribution in [2.75, 3.05) is 13.2 Å². The zero-order valence-corrected chi connectivity index (χ0v) is 16.2. The molecule has 3 heterocycles. The molecule has 2 aliphatic rings. The van der Waals surface area contributed by atoms with E-state index in [0.717, 1.165) is 24.1 Å². The number of hydrogen-bond acceptors (Lipinski definition) is 5. The first-order chi connectivity index (χ1) is 12.9. The van der Waals surface area contributed by atoms with Crippen molar-refractivity contribution >= 4 is 0 Å². The van der Waals surface area contributed by atoms with Gasteiger partial charge in [-0.3, -0.25) is 4.68 Å². The average molecular weight is 371 g/mol. The van der Waals surface area contributed by atoms with Crippen LogP contribution in [0.1, 0.15) is 33.2 Å². The molecule has 27 heavy (non-hydrogen) atoms. The van der Waals surface area contributed by atoms with Crippen molar-refractivity contribution in [1.29, 1.82) is 0 Å². The fourth-order valence-corrected chi connectivity index (χ4v) is 3.83. The molecule has 5 atom stereocenters. The molecule has 0 radical (unpaired) electrons. The highest BCUT2D eigenvalue weighted by atomic mass is 16.7. The molecule has 4 rings (SSSR count). The van der Waals surface area contributed by atoms with E-state index in [1.165, 1.54) is 0 Å². The molecule has 6 heteroatoms. The predicted octanol–water partition coefficient (Wildman–Crippen LogP) is 2.60. The third kappa shape index (κ3) is 3.94. The van der Waals surface area contributed by atoms with Crippen molar-refractivity contribution in [1.82, 2.24) is 15.1 Å². The molecule has 0 spiro atoms. The third-order valence-corrected chi connectivity index (χ3v) is 5.40. The Morgan fingerprint density at radius 2 is 2.00 bits per heavy atom. The smallest absolute Gasteiger partial charge is 0.183 e. The van der Waals surface area contributed by atoms with E-state index in [-0.39, 0.29) is 23.6 Å². The van der Waals surface area contributed by atoms with E-state index in [2.05, 4.69) is 31.2 Å². The summed E-state index contributed by atoms with van der Waals surface area (Å²) in [4.78, 5) is 0. The SMILES string of the molecule is CC(C)(C)CCN[C@H]1[C@H](O)[C@@H](n2cc(-c3ccccc3)cn2)[C@@H]2OC[C@H]1O2. The lowest BCUT2D eigenvalue weighted by atomic mass is 9.91. The van der Waals surface area contributed by atoms with E-state index in [0.29, 0.717) is 6.61 Å². The highest BCUT2D eigenvalue weighted by molar-refractivity contribution is 5.61. The van der Waals surface area contributed by atoms with Gasteiger partial charge in [0.1, 0.15) is 12.1 Å². The van der Waals surface area contributed by atoms with Crippen LogP contribution in [0.3, 0.4) is 0 Å². The summed E-state index contributed by atoms with van der Waals surface area (Å²) in [7, 11) is 0. The third-order valence-electron chi connectivity index (χ3n) is 5.40. The van der Waals surface area contributed by atoms with Crippen molar-refractivity contribution in [3.8, 4) is 11.1 Å². The van der Waals surface area contributed by atoms with Gasteiger partial charge in [-0.2, -0.15) is 5.10 Å². The van der Waals surface area contributed by atoms with Crippen LogP contribution in [0.15, 0.2) is 42.7 Å². The van der Waals surface area contributed by atoms with Crippen molar-refractivity contribution in [3.63, 3.8) is 0 Å². The molecule has 146 valence electrons. The second kappa shape index (κ2) is 7.36. The number of hydrogen-bond donors (Lipinski definition) is 2. The maximum atomic E-state index is 11.1. The summed E-state index contributed by atoms with van der Waals surface area (Å²) in [6.45, 7) is 7.98. The largest absolute Gasteiger partial charge is 0.389 e. The van der Waals surface area contributed by atoms with Gasteiger partial charge in [-0.25, -0.2) is 0 Å². The minimum absolute atomic E-state index is 0.120. The van der Waals surface area contributed by atoms with Gasteiger partial charge in [0.05, 0.1) is 24.9 Å². The van der Waals surface area contributed by atoms with Crippen LogP contribution < -0.4 is 5.32 Å². The van der Waals surface area contributed by atoms with Crippen LogP contribution in [0.2, 0.25) is 0 Å². The molecule has 0 aliphatic carbocycles. The molecule has 2 fully saturated rings. The summed E-state index contributed by atoms with van der Waals surface area (Å²) in [5.74, 6) is 0. The van der Waals surface area contributed by atoms with Gasteiger partial charge < -0.3 is 19.9 Å². The van der Waals surface area contributed by atoms with Crippen LogP contribution in [-0.2, 0) is 9.47 Å². The Kier molecular flexibility index (Phi) is 5.07. The fraction of sp³-hybridized carbons (Fsp3) is 0.571. The van der Waals surface area contributed by atoms with E-state index >= 15 is 0 Å². The Bertz CT molecular complexity index is 756. The summed E-state index contributed by atoms with van der Waals surface area (Å²) < 4.78 is 13.7. The minimum atomic E-state index is -0.625. The van der Waals surface area contributed by atoms with E-state index in [1.807, 2.05) is 42.7 Å². The molecule has 1 aromatic carbocycles. The van der Waals surface area contributed by atoms with Crippen molar-refractivity contribution < 1.29 is 14.6 Å². The van der Waals surface area contributed by atoms with Gasteiger partial charge in [0.25, 0.3) is 0 Å². The number of aliphatic hydroxyl groups is 1. The van der Waals surface area contributed by atoms with Crippen molar-refractivity contribution in [2.24, 2.45) is 5.41 Å². The van der Waals surface area contributed by atoms with Gasteiger partial charge in [-0.1, -0.05) is 51.1 Å². The van der Waals surface area contributed by atoms with Crippen LogP contribution in [-0.4, -0.2) is 52.6 Å². The molecule has 0 unspecified atom stereocenters. The van der Waals surface area contributed by atoms with Crippen LogP contribution in [0.25, 0.3) is 11.1 Å². The van der Waals surface area contributed by atoms with Gasteiger partial charge in [0.15, 0.2) is 6.29 Å². The zero-order valence-electron chi connectivity index (χ0n) is 16.2. The number of aromatic nitrogens is 2. The monoisotopic (exact) mass is 371 g/mol. The van der Waals surface area contributed by atoms with Gasteiger partial charge in [-0.05, 0) is 23.9 Å². The maximum Gasteiger partial charge on any atom is 0.183 e. The lowest BCUT2D eigenvalue weighted by Gasteiger charge is -2.39. The highest BCUT2D eigenvalue weighted by Gasteiger charge is 2.51. The molecular weight excluding hydrogens is 342 g/mol. The van der Waals surface area contributed by atoms with E-state index < -0.39 is 12.4 Å². The number of aliphatic hydroxyl groups excluding tert-OH is 1. The summed E-state index contributed by atoms with van der Waals surface area (Å²) in [5.41, 5.74) is 2.36. The Hall–Kier alpha value is -1.73. The molecular formula is C21H29N3O3. The molecule has 2 aromatic rings. The number of rotatable bonds is 5. The van der Waals surface area contributed by atoms with E-state index in [9.17, 15) is 5.11 Å². The zero-order chi connectivity index (χ0) is 19.0. The average Bonchev–Trinajstić information content (AvgIpc) is 3.27. The Morgan fingerprint density at radius 1 is 1.22 bits per heavy atom. The molecule has 2 aliphatic heterocycles. The first-order valence-corrected chi connectivity index (χ1v) is 9.70. The minimum Gasteiger partial charge on any atom is -0.389 e. The Labute approximate surface area is 160 Å². The molecule has 2 bridgehead atoms. The second-order valence-corrected chi connectivity index (χ2v) is 8.72. The van der Waals surface area contributed by atoms with Crippen molar-refractivity contribution in [2.45, 2.75) is 57.8 Å². The summed E-state index contributed by atoms with van der Waals surface area (Å²) in [6.07, 6.45) is 3.60. The first kappa shape index (κ1) is 18.6. The molecule has 6 nitrogen and oxygen atoms in total. The summed E-state index contributed by atoms with van der Waals surface area (Å²) >= 11 is 0. The fourth-order valence-electron chi connectivity index (χ4n) is 3.83. The van der Waals surface area contributed by atoms with Crippen LogP contribution in [0.4, 0.5) is 0 Å². The summed E-state index contributed by atoms with van der Waals surface area (Å²) in [6, 6.07) is 9.57. The van der Waals surface area contributed by atoms with Crippen LogP contribution in [0, 0.1) is 5.41 Å². The standard InChI is InChI=1S/C21H29N3O3/c1-21(2,3)9-10-22-17-16-13-26-20(27-16)18(19(17)25)24-12-15(11-23-24)14-7-5-4-6-8-14/h4-8,11-12,16-20,22,25H,9-10,13H2,1-3H3/t16-,17-,18-,19+,20-/m1/s1. The lowest BCUT2D eigenvalue weighted by molar-refractivity contribution is -0.168. The number of benzene rings is 1. The normalized spacial score (nSPS) is 30.6. The number of nitrogens with zero attached hydrogens (tertiary/aromatic N) is 2. The first-order valence-electron chi connectivity index (χ1n) is 9.70. The van der Waals surface area contributed by atoms with Crippen molar-refractivity contribution in [3.05, 3.63) is 42.7 Å². The van der Waals surface area contributed by atoms with E-state index in [1.54, 1.807) is 4.68 Å². The maximum absolute atomic E-state index is 11.1. The lowest BCUT2D eigenvalue weighted by Crippen LogP contribution is -2.58. The highest BCUT2D eigenvalue weighted by Crippen LogP contribution is 2.36. The predicted molar refractivity (Wildman–Crippen MR) is 103 cm³/mol. The Morgan fingerprint density at radius 3 is 2.74 bits per heavy atom. The van der Waals surface area contributed by atoms with Gasteiger partial charge in [-0.15, -0.1) is 0 Å². The number of fused-ring (bicyclic) bond motifs is 2. The second-order valence-electron chi connectivity index (χ2n) is 8.72. The van der Waals surface area contributed by atoms with E-state index in [4.69, 9.17) is 9.47 Å². The molecule has 0 saturated carbocycles.